The van der Waals surface area contributed by atoms with Gasteiger partial charge in [0.05, 0.1) is 18.5 Å². The van der Waals surface area contributed by atoms with E-state index in [0.717, 1.165) is 17.7 Å². The maximum atomic E-state index is 14.2. The molecule has 2 rings (SSSR count). The van der Waals surface area contributed by atoms with Gasteiger partial charge in [-0.25, -0.2) is 0 Å². The first-order valence-electron chi connectivity index (χ1n) is 29.9. The van der Waals surface area contributed by atoms with E-state index in [0.29, 0.717) is 18.4 Å². The molecule has 0 aromatic heterocycles. The Hall–Kier alpha value is -5.22. The van der Waals surface area contributed by atoms with Gasteiger partial charge in [-0.15, -0.1) is 0 Å². The second kappa shape index (κ2) is 39.7. The second-order valence-corrected chi connectivity index (χ2v) is 28.9. The van der Waals surface area contributed by atoms with E-state index in [1.54, 1.807) is 95.0 Å². The van der Waals surface area contributed by atoms with Crippen molar-refractivity contribution in [2.45, 2.75) is 176 Å². The van der Waals surface area contributed by atoms with E-state index in [1.807, 2.05) is 27.7 Å². The normalized spacial score (nSPS) is 13.8. The van der Waals surface area contributed by atoms with E-state index >= 15 is 0 Å². The van der Waals surface area contributed by atoms with Crippen molar-refractivity contribution < 1.29 is 62.3 Å². The van der Waals surface area contributed by atoms with Gasteiger partial charge < -0.3 is 20.7 Å². The number of carbonyl (C=O) groups excluding carboxylic acids is 12. The number of carbonyl (C=O) groups is 12. The number of hydrogen-bond acceptors (Lipinski definition) is 13. The van der Waals surface area contributed by atoms with Crippen molar-refractivity contribution in [2.75, 3.05) is 19.8 Å². The molecule has 0 fully saturated rings. The van der Waals surface area contributed by atoms with Gasteiger partial charge in [0.25, 0.3) is 0 Å². The molecule has 7 atom stereocenters. The summed E-state index contributed by atoms with van der Waals surface area (Å²) < 4.78 is 5.55. The minimum absolute atomic E-state index is 0.00469. The topological polar surface area (TPSA) is 262 Å². The molecule has 0 bridgehead atoms. The van der Waals surface area contributed by atoms with Gasteiger partial charge in [0, 0.05) is 50.4 Å². The van der Waals surface area contributed by atoms with Gasteiger partial charge in [-0.05, 0) is 71.0 Å². The van der Waals surface area contributed by atoms with Crippen LogP contribution in [0, 0.1) is 35.5 Å². The zero-order chi connectivity index (χ0) is 65.6. The van der Waals surface area contributed by atoms with Gasteiger partial charge in [0.2, 0.25) is 17.7 Å². The first-order valence-corrected chi connectivity index (χ1v) is 33.6. The Bertz CT molecular complexity index is 2800. The first-order chi connectivity index (χ1) is 40.8. The number of benzene rings is 2. The van der Waals surface area contributed by atoms with Gasteiger partial charge in [0.1, 0.15) is 24.5 Å². The smallest absolute Gasteiger partial charge is 0.0622 e. The zero-order valence-electron chi connectivity index (χ0n) is 52.4. The molecule has 7 unspecified atom stereocenters. The molecule has 0 spiro atoms. The van der Waals surface area contributed by atoms with Crippen LogP contribution in [0.4, 0.5) is 0 Å². The molecule has 4 N–H and O–H groups in total. The van der Waals surface area contributed by atoms with Gasteiger partial charge in [0.15, 0.2) is 11.6 Å². The third-order valence-electron chi connectivity index (χ3n) is 14.5. The number of amides is 4. The van der Waals surface area contributed by atoms with Crippen LogP contribution >= 0.6 is 16.5 Å². The summed E-state index contributed by atoms with van der Waals surface area (Å²) in [7, 11) is 24.9. The second-order valence-electron chi connectivity index (χ2n) is 24.1. The Balaban J connectivity index is 2.34. The minimum atomic E-state index is -2.74. The summed E-state index contributed by atoms with van der Waals surface area (Å²) in [4.78, 5) is 163. The summed E-state index contributed by atoms with van der Waals surface area (Å²) in [6, 6.07) is 18.0. The van der Waals surface area contributed by atoms with Crippen LogP contribution in [0.3, 0.4) is 0 Å². The van der Waals surface area contributed by atoms with Gasteiger partial charge in [-0.1, -0.05) is 77.1 Å². The van der Waals surface area contributed by atoms with Crippen LogP contribution in [-0.4, -0.2) is 163 Å². The predicted molar refractivity (Wildman–Crippen MR) is 351 cm³/mol. The van der Waals surface area contributed by atoms with Crippen LogP contribution in [0.15, 0.2) is 60.7 Å². The Morgan fingerprint density at radius 1 is 0.586 bits per heavy atom. The van der Waals surface area contributed by atoms with E-state index in [2.05, 4.69) is 21.3 Å². The van der Waals surface area contributed by atoms with Crippen molar-refractivity contribution in [3.63, 3.8) is 0 Å². The molecule has 2 aromatic rings. The molecular weight excluding hydrogens is 1130 g/mol. The molecule has 27 heteroatoms. The molecule has 4 amide bonds. The van der Waals surface area contributed by atoms with Gasteiger partial charge in [-0.3, -0.25) is 38.4 Å². The van der Waals surface area contributed by atoms with Crippen molar-refractivity contribution in [2.24, 2.45) is 35.5 Å². The number of hydrogen-bond donors (Lipinski definition) is 4. The van der Waals surface area contributed by atoms with Crippen molar-refractivity contribution in [1.82, 2.24) is 21.3 Å². The van der Waals surface area contributed by atoms with E-state index in [1.165, 1.54) is 0 Å². The van der Waals surface area contributed by atoms with Crippen molar-refractivity contribution in [3.8, 4) is 0 Å². The number of ether oxygens (including phenoxy) is 1. The molecule has 0 saturated heterocycles. The molecule has 0 heterocycles. The van der Waals surface area contributed by atoms with Crippen molar-refractivity contribution >= 4 is 142 Å². The summed E-state index contributed by atoms with van der Waals surface area (Å²) in [5.41, 5.74) is 0.462. The molecule has 17 nitrogen and oxygen atoms in total. The number of esters is 1. The van der Waals surface area contributed by atoms with Crippen LogP contribution in [0.2, 0.25) is 0 Å². The fourth-order valence-electron chi connectivity index (χ4n) is 9.59. The third kappa shape index (κ3) is 29.8. The molecule has 10 radical (unpaired) electrons. The number of Topliss-reactive ketones (excluding diaryl/α,β-unsaturated/α-hetero) is 5. The summed E-state index contributed by atoms with van der Waals surface area (Å²) in [5, 5.41) is 10.3. The summed E-state index contributed by atoms with van der Waals surface area (Å²) in [6.07, 6.45) is -1.25. The summed E-state index contributed by atoms with van der Waals surface area (Å²) in [6.45, 7) is 15.0. The first kappa shape index (κ1) is 77.9. The zero-order valence-corrected chi connectivity index (χ0v) is 54.1. The SMILES string of the molecule is [B]B=S(=B[B])(B([B])[B])C(=O)CCC(=O)C(CC(C)C)NC(=O)C(CC(=O)CNC(=O)C(CCC(=O)NCC(=O)CC(Cc1ccccc1)C(=O)NC(CC(C)C)C(=O)CCC(=O)P([B])C)CC(=O)CCC(CC)C(=O)OC(C)(C)C)Cc1ccccc1. The molecule has 0 aliphatic carbocycles. The van der Waals surface area contributed by atoms with E-state index in [9.17, 15) is 57.5 Å². The van der Waals surface area contributed by atoms with Crippen LogP contribution < -0.4 is 21.3 Å². The maximum absolute atomic E-state index is 14.2. The molecule has 87 heavy (non-hydrogen) atoms. The molecule has 0 aliphatic rings. The fraction of sp³-hybridized carbons (Fsp3) is 0.600. The Morgan fingerprint density at radius 2 is 1.02 bits per heavy atom. The average molecular weight is 1220 g/mol. The third-order valence-corrected chi connectivity index (χ3v) is 18.3. The summed E-state index contributed by atoms with van der Waals surface area (Å²) in [5.74, 6) is -10.3. The molecule has 0 aliphatic heterocycles. The quantitative estimate of drug-likeness (QED) is 0.0393. The Labute approximate surface area is 525 Å². The average Bonchev–Trinajstić information content (AvgIpc) is 2.49. The molecule has 0 saturated carbocycles. The van der Waals surface area contributed by atoms with Crippen molar-refractivity contribution in [3.05, 3.63) is 71.8 Å². The molecular formula is C60H85B8N4O13PS. The molecule has 458 valence electrons. The number of rotatable bonds is 41. The van der Waals surface area contributed by atoms with Gasteiger partial charge >= 0.3 is 199 Å². The fourth-order valence-corrected chi connectivity index (χ4v) is 11.6. The number of nitrogens with one attached hydrogen (secondary N) is 4. The van der Waals surface area contributed by atoms with Crippen LogP contribution in [-0.2, 0) is 75.1 Å². The minimum Gasteiger partial charge on any atom is -0.0622 e. The Kier molecular flexibility index (Phi) is 35.5. The summed E-state index contributed by atoms with van der Waals surface area (Å²) >= 11 is 0. The number of ketones is 5. The van der Waals surface area contributed by atoms with E-state index < -0.39 is 135 Å². The van der Waals surface area contributed by atoms with E-state index in [4.69, 9.17) is 43.3 Å². The standard InChI is InChI=1S/C60H85B8N4O13PS/c1-10-42(59(84)85-60(6,7)8)21-23-46(73)33-43(22-26-53(78)69-36-47(74)34-44(31-40-17-13-11-14-18-40)57(82)71-49(29-38(2)3)51(76)24-27-54(79)86(9)65)56(81)70-37-48(75)35-45(32-41-19-15-12-16-20-41)58(83)72-50(30-39(4)5)52(77)25-28-55(80)87(66-61,67-62)68(63)64/h11-20,38-39,42-45,49-50H,10,21-37H2,1-9H3,(H,69,78)(H,70,81)(H,71,82)(H,72,83). The van der Waals surface area contributed by atoms with E-state index in [-0.39, 0.29) is 113 Å². The monoisotopic (exact) mass is 1220 g/mol. The van der Waals surface area contributed by atoms with Crippen LogP contribution in [0.5, 0.6) is 0 Å². The Morgan fingerprint density at radius 3 is 1.44 bits per heavy atom. The van der Waals surface area contributed by atoms with Crippen LogP contribution in [0.25, 0.3) is 0 Å². The van der Waals surface area contributed by atoms with Gasteiger partial charge in [-0.2, -0.15) is 0 Å². The molecule has 2 aromatic carbocycles. The predicted octanol–water partition coefficient (Wildman–Crippen LogP) is 4.90. The van der Waals surface area contributed by atoms with Crippen molar-refractivity contribution in [1.29, 1.82) is 0 Å². The van der Waals surface area contributed by atoms with Crippen LogP contribution in [0.1, 0.15) is 156 Å².